The van der Waals surface area contributed by atoms with Gasteiger partial charge in [0, 0.05) is 41.0 Å². The Morgan fingerprint density at radius 3 is 2.96 bits per heavy atom. The van der Waals surface area contributed by atoms with Crippen molar-refractivity contribution in [1.82, 2.24) is 9.47 Å². The first-order valence-corrected chi connectivity index (χ1v) is 9.29. The first-order chi connectivity index (χ1) is 12.0. The second kappa shape index (κ2) is 6.44. The summed E-state index contributed by atoms with van der Waals surface area (Å²) < 4.78 is 21.6. The number of aryl methyl sites for hydroxylation is 1. The van der Waals surface area contributed by atoms with Gasteiger partial charge in [0.05, 0.1) is 12.1 Å². The minimum Gasteiger partial charge on any atom is -0.449 e. The normalized spacial score (nSPS) is 20.5. The lowest BCUT2D eigenvalue weighted by atomic mass is 9.99. The third-order valence-electron chi connectivity index (χ3n) is 5.03. The molecule has 0 N–H and O–H groups in total. The Hall–Kier alpha value is -1.89. The summed E-state index contributed by atoms with van der Waals surface area (Å²) in [6.07, 6.45) is 2.10. The van der Waals surface area contributed by atoms with E-state index in [1.54, 1.807) is 0 Å². The van der Waals surface area contributed by atoms with E-state index in [4.69, 9.17) is 4.74 Å². The molecule has 1 atom stereocenters. The molecule has 5 nitrogen and oxygen atoms in total. The van der Waals surface area contributed by atoms with Gasteiger partial charge in [-0.15, -0.1) is 0 Å². The Kier molecular flexibility index (Phi) is 4.27. The summed E-state index contributed by atoms with van der Waals surface area (Å²) in [5.74, 6) is -0.445. The Bertz CT molecular complexity index is 864. The summed E-state index contributed by atoms with van der Waals surface area (Å²) in [4.78, 5) is 25.8. The lowest BCUT2D eigenvalue weighted by Crippen LogP contribution is -2.37. The molecule has 2 aliphatic heterocycles. The number of aromatic nitrogens is 1. The summed E-state index contributed by atoms with van der Waals surface area (Å²) in [5.41, 5.74) is 1.86. The third kappa shape index (κ3) is 2.94. The SMILES string of the molecule is O=C(CC1CCn2c1cc1c(Br)cc(F)cc12)N1CCCCOC1=O. The number of imide groups is 1. The minimum atomic E-state index is -0.536. The van der Waals surface area contributed by atoms with Crippen LogP contribution in [-0.4, -0.2) is 34.6 Å². The van der Waals surface area contributed by atoms with E-state index in [-0.39, 0.29) is 24.1 Å². The van der Waals surface area contributed by atoms with Crippen molar-refractivity contribution in [3.05, 3.63) is 34.2 Å². The van der Waals surface area contributed by atoms with E-state index in [1.807, 2.05) is 6.07 Å². The Labute approximate surface area is 152 Å². The Balaban J connectivity index is 1.59. The number of amides is 2. The molecule has 0 spiro atoms. The molecule has 0 saturated carbocycles. The topological polar surface area (TPSA) is 51.5 Å². The van der Waals surface area contributed by atoms with Gasteiger partial charge in [-0.3, -0.25) is 4.79 Å². The summed E-state index contributed by atoms with van der Waals surface area (Å²) in [6, 6.07) is 5.00. The van der Waals surface area contributed by atoms with Crippen LogP contribution in [0.5, 0.6) is 0 Å². The fourth-order valence-electron chi connectivity index (χ4n) is 3.78. The number of halogens is 2. The maximum atomic E-state index is 13.7. The zero-order chi connectivity index (χ0) is 17.6. The smallest absolute Gasteiger partial charge is 0.416 e. The first kappa shape index (κ1) is 16.6. The van der Waals surface area contributed by atoms with Gasteiger partial charge in [0.1, 0.15) is 5.82 Å². The van der Waals surface area contributed by atoms with Gasteiger partial charge in [-0.2, -0.15) is 0 Å². The molecule has 2 aromatic rings. The van der Waals surface area contributed by atoms with Gasteiger partial charge in [-0.25, -0.2) is 14.1 Å². The molecule has 0 bridgehead atoms. The lowest BCUT2D eigenvalue weighted by molar-refractivity contribution is -0.129. The third-order valence-corrected chi connectivity index (χ3v) is 5.69. The van der Waals surface area contributed by atoms with E-state index in [0.29, 0.717) is 17.6 Å². The van der Waals surface area contributed by atoms with Gasteiger partial charge in [-0.1, -0.05) is 0 Å². The molecule has 1 saturated heterocycles. The van der Waals surface area contributed by atoms with Gasteiger partial charge in [0.25, 0.3) is 0 Å². The number of fused-ring (bicyclic) bond motifs is 3. The highest BCUT2D eigenvalue weighted by Gasteiger charge is 2.32. The molecule has 3 heterocycles. The van der Waals surface area contributed by atoms with Gasteiger partial charge >= 0.3 is 6.09 Å². The Morgan fingerprint density at radius 1 is 1.28 bits per heavy atom. The van der Waals surface area contributed by atoms with Crippen molar-refractivity contribution >= 4 is 38.8 Å². The monoisotopic (exact) mass is 408 g/mol. The molecule has 2 amide bonds. The van der Waals surface area contributed by atoms with E-state index in [0.717, 1.165) is 42.4 Å². The predicted octanol–water partition coefficient (Wildman–Crippen LogP) is 4.18. The highest BCUT2D eigenvalue weighted by atomic mass is 79.9. The molecule has 2 aliphatic rings. The van der Waals surface area contributed by atoms with Crippen molar-refractivity contribution in [3.63, 3.8) is 0 Å². The highest BCUT2D eigenvalue weighted by molar-refractivity contribution is 9.10. The van der Waals surface area contributed by atoms with Crippen LogP contribution in [0, 0.1) is 5.82 Å². The van der Waals surface area contributed by atoms with Crippen molar-refractivity contribution < 1.29 is 18.7 Å². The van der Waals surface area contributed by atoms with Crippen LogP contribution in [0.2, 0.25) is 0 Å². The fourth-order valence-corrected chi connectivity index (χ4v) is 4.31. The van der Waals surface area contributed by atoms with Crippen LogP contribution < -0.4 is 0 Å². The van der Waals surface area contributed by atoms with E-state index in [9.17, 15) is 14.0 Å². The second-order valence-corrected chi connectivity index (χ2v) is 7.45. The second-order valence-electron chi connectivity index (χ2n) is 6.60. The van der Waals surface area contributed by atoms with Gasteiger partial charge in [-0.05, 0) is 53.4 Å². The van der Waals surface area contributed by atoms with Crippen molar-refractivity contribution in [1.29, 1.82) is 0 Å². The highest BCUT2D eigenvalue weighted by Crippen LogP contribution is 2.39. The molecule has 1 aromatic heterocycles. The van der Waals surface area contributed by atoms with Gasteiger partial charge in [0.15, 0.2) is 0 Å². The van der Waals surface area contributed by atoms with E-state index in [1.165, 1.54) is 17.0 Å². The number of hydrogen-bond donors (Lipinski definition) is 0. The number of cyclic esters (lactones) is 1. The summed E-state index contributed by atoms with van der Waals surface area (Å²) in [7, 11) is 0. The molecule has 4 rings (SSSR count). The van der Waals surface area contributed by atoms with Crippen molar-refractivity contribution in [2.24, 2.45) is 0 Å². The zero-order valence-electron chi connectivity index (χ0n) is 13.6. The van der Waals surface area contributed by atoms with Crippen molar-refractivity contribution in [2.75, 3.05) is 13.2 Å². The number of hydrogen-bond acceptors (Lipinski definition) is 3. The lowest BCUT2D eigenvalue weighted by Gasteiger charge is -2.19. The fraction of sp³-hybridized carbons (Fsp3) is 0.444. The number of carbonyl (C=O) groups excluding carboxylic acids is 2. The summed E-state index contributed by atoms with van der Waals surface area (Å²) in [5, 5.41) is 0.947. The van der Waals surface area contributed by atoms with Crippen LogP contribution in [0.15, 0.2) is 22.7 Å². The number of ether oxygens (including phenoxy) is 1. The van der Waals surface area contributed by atoms with E-state index < -0.39 is 6.09 Å². The van der Waals surface area contributed by atoms with Gasteiger partial charge < -0.3 is 9.30 Å². The first-order valence-electron chi connectivity index (χ1n) is 8.50. The molecular formula is C18H18BrFN2O3. The molecule has 7 heteroatoms. The van der Waals surface area contributed by atoms with Crippen LogP contribution in [0.25, 0.3) is 10.9 Å². The summed E-state index contributed by atoms with van der Waals surface area (Å²) in [6.45, 7) is 1.54. The standard InChI is InChI=1S/C18H18BrFN2O3/c19-14-8-12(20)9-16-13(14)10-15-11(3-5-21(15)16)7-17(23)22-4-1-2-6-25-18(22)24/h8-11H,1-7H2. The van der Waals surface area contributed by atoms with Crippen LogP contribution in [0.1, 0.15) is 37.3 Å². The molecule has 1 fully saturated rings. The maximum Gasteiger partial charge on any atom is 0.416 e. The number of rotatable bonds is 2. The largest absolute Gasteiger partial charge is 0.449 e. The van der Waals surface area contributed by atoms with E-state index in [2.05, 4.69) is 20.5 Å². The van der Waals surface area contributed by atoms with Crippen molar-refractivity contribution in [2.45, 2.75) is 38.1 Å². The minimum absolute atomic E-state index is 0.0333. The van der Waals surface area contributed by atoms with Crippen LogP contribution in [0.3, 0.4) is 0 Å². The van der Waals surface area contributed by atoms with Crippen LogP contribution in [0.4, 0.5) is 9.18 Å². The van der Waals surface area contributed by atoms with Crippen LogP contribution >= 0.6 is 15.9 Å². The van der Waals surface area contributed by atoms with E-state index >= 15 is 0 Å². The quantitative estimate of drug-likeness (QED) is 0.748. The molecule has 0 aliphatic carbocycles. The Morgan fingerprint density at radius 2 is 2.12 bits per heavy atom. The number of carbonyl (C=O) groups is 2. The number of nitrogens with zero attached hydrogens (tertiary/aromatic N) is 2. The number of benzene rings is 1. The molecule has 132 valence electrons. The zero-order valence-corrected chi connectivity index (χ0v) is 15.2. The summed E-state index contributed by atoms with van der Waals surface area (Å²) >= 11 is 3.41. The average molecular weight is 409 g/mol. The molecular weight excluding hydrogens is 391 g/mol. The molecule has 1 unspecified atom stereocenters. The maximum absolute atomic E-state index is 13.7. The molecule has 0 radical (unpaired) electrons. The van der Waals surface area contributed by atoms with Crippen molar-refractivity contribution in [3.8, 4) is 0 Å². The molecule has 1 aromatic carbocycles. The average Bonchev–Trinajstić information content (AvgIpc) is 3.03. The molecule has 25 heavy (non-hydrogen) atoms. The van der Waals surface area contributed by atoms with Crippen LogP contribution in [-0.2, 0) is 16.1 Å². The predicted molar refractivity (Wildman–Crippen MR) is 93.9 cm³/mol. The van der Waals surface area contributed by atoms with Gasteiger partial charge in [0.2, 0.25) is 5.91 Å².